The standard InChI is InChI=1S/C9H9ClN4O2/c1-6(15)16-3-2-14-5-13-7-8(10)11-4-12-9(7)14/h4-5H,2-3H2,1H3. The van der Waals surface area contributed by atoms with Gasteiger partial charge in [0, 0.05) is 6.92 Å². The van der Waals surface area contributed by atoms with Gasteiger partial charge in [0.05, 0.1) is 12.9 Å². The van der Waals surface area contributed by atoms with E-state index < -0.39 is 0 Å². The molecular weight excluding hydrogens is 232 g/mol. The van der Waals surface area contributed by atoms with Crippen molar-refractivity contribution < 1.29 is 9.53 Å². The third-order valence-corrected chi connectivity index (χ3v) is 2.27. The molecule has 2 aromatic heterocycles. The van der Waals surface area contributed by atoms with Crippen molar-refractivity contribution in [3.63, 3.8) is 0 Å². The molecule has 0 fully saturated rings. The number of nitrogens with zero attached hydrogens (tertiary/aromatic N) is 4. The number of esters is 1. The van der Waals surface area contributed by atoms with Crippen LogP contribution < -0.4 is 0 Å². The molecule has 2 rings (SSSR count). The molecule has 16 heavy (non-hydrogen) atoms. The number of carbonyl (C=O) groups excluding carboxylic acids is 1. The van der Waals surface area contributed by atoms with Crippen LogP contribution in [0.25, 0.3) is 11.2 Å². The number of imidazole rings is 1. The Morgan fingerprint density at radius 2 is 2.31 bits per heavy atom. The highest BCUT2D eigenvalue weighted by molar-refractivity contribution is 6.33. The van der Waals surface area contributed by atoms with Gasteiger partial charge in [-0.15, -0.1) is 0 Å². The van der Waals surface area contributed by atoms with E-state index in [9.17, 15) is 4.79 Å². The Kier molecular flexibility index (Phi) is 3.00. The number of hydrogen-bond acceptors (Lipinski definition) is 5. The summed E-state index contributed by atoms with van der Waals surface area (Å²) in [6.45, 7) is 2.14. The smallest absolute Gasteiger partial charge is 0.302 e. The van der Waals surface area contributed by atoms with Gasteiger partial charge in [0.2, 0.25) is 0 Å². The van der Waals surface area contributed by atoms with E-state index in [2.05, 4.69) is 15.0 Å². The van der Waals surface area contributed by atoms with Gasteiger partial charge >= 0.3 is 5.97 Å². The summed E-state index contributed by atoms with van der Waals surface area (Å²) in [6, 6.07) is 0. The van der Waals surface area contributed by atoms with Crippen molar-refractivity contribution in [2.24, 2.45) is 0 Å². The first-order valence-corrected chi connectivity index (χ1v) is 5.01. The van der Waals surface area contributed by atoms with Crippen molar-refractivity contribution in [3.8, 4) is 0 Å². The summed E-state index contributed by atoms with van der Waals surface area (Å²) in [5.74, 6) is -0.308. The fourth-order valence-corrected chi connectivity index (χ4v) is 1.48. The SMILES string of the molecule is CC(=O)OCCn1cnc2c(Cl)ncnc21. The van der Waals surface area contributed by atoms with Crippen molar-refractivity contribution in [2.45, 2.75) is 13.5 Å². The van der Waals surface area contributed by atoms with E-state index >= 15 is 0 Å². The maximum atomic E-state index is 10.6. The number of rotatable bonds is 3. The van der Waals surface area contributed by atoms with E-state index in [0.29, 0.717) is 22.9 Å². The lowest BCUT2D eigenvalue weighted by molar-refractivity contribution is -0.141. The zero-order valence-corrected chi connectivity index (χ0v) is 9.31. The highest BCUT2D eigenvalue weighted by Gasteiger charge is 2.07. The number of ether oxygens (including phenoxy) is 1. The molecule has 0 bridgehead atoms. The molecule has 0 atom stereocenters. The van der Waals surface area contributed by atoms with Gasteiger partial charge in [0.15, 0.2) is 10.8 Å². The van der Waals surface area contributed by atoms with Crippen molar-refractivity contribution in [3.05, 3.63) is 17.8 Å². The first-order chi connectivity index (χ1) is 7.68. The molecule has 0 amide bonds. The van der Waals surface area contributed by atoms with Gasteiger partial charge in [-0.1, -0.05) is 11.6 Å². The monoisotopic (exact) mass is 240 g/mol. The van der Waals surface area contributed by atoms with Gasteiger partial charge in [0.1, 0.15) is 18.5 Å². The van der Waals surface area contributed by atoms with Gasteiger partial charge < -0.3 is 9.30 Å². The van der Waals surface area contributed by atoms with Gasteiger partial charge in [-0.25, -0.2) is 15.0 Å². The van der Waals surface area contributed by atoms with Crippen LogP contribution in [0.2, 0.25) is 5.15 Å². The summed E-state index contributed by atoms with van der Waals surface area (Å²) in [5, 5.41) is 0.316. The summed E-state index contributed by atoms with van der Waals surface area (Å²) in [5.41, 5.74) is 1.18. The van der Waals surface area contributed by atoms with Gasteiger partial charge in [0.25, 0.3) is 0 Å². The molecule has 0 aromatic carbocycles. The minimum absolute atomic E-state index is 0.280. The van der Waals surface area contributed by atoms with E-state index in [1.54, 1.807) is 10.9 Å². The molecule has 0 aliphatic carbocycles. The van der Waals surface area contributed by atoms with Crippen LogP contribution in [-0.2, 0) is 16.1 Å². The number of hydrogen-bond donors (Lipinski definition) is 0. The lowest BCUT2D eigenvalue weighted by Gasteiger charge is -2.03. The topological polar surface area (TPSA) is 69.9 Å². The van der Waals surface area contributed by atoms with Gasteiger partial charge in [-0.3, -0.25) is 4.79 Å². The average Bonchev–Trinajstić information content (AvgIpc) is 2.63. The molecule has 2 aromatic rings. The number of halogens is 1. The van der Waals surface area contributed by atoms with Crippen LogP contribution in [0, 0.1) is 0 Å². The molecule has 6 nitrogen and oxygen atoms in total. The Morgan fingerprint density at radius 3 is 3.06 bits per heavy atom. The predicted molar refractivity (Wildman–Crippen MR) is 57.0 cm³/mol. The summed E-state index contributed by atoms with van der Waals surface area (Å²) < 4.78 is 6.59. The van der Waals surface area contributed by atoms with Crippen LogP contribution in [0.1, 0.15) is 6.92 Å². The predicted octanol–water partition coefficient (Wildman–Crippen LogP) is 1.04. The second-order valence-electron chi connectivity index (χ2n) is 3.11. The van der Waals surface area contributed by atoms with Gasteiger partial charge in [-0.2, -0.15) is 0 Å². The molecule has 0 radical (unpaired) electrons. The zero-order valence-electron chi connectivity index (χ0n) is 8.55. The lowest BCUT2D eigenvalue weighted by Crippen LogP contribution is -2.08. The summed E-state index contributed by atoms with van der Waals surface area (Å²) in [6.07, 6.45) is 2.96. The van der Waals surface area contributed by atoms with Crippen LogP contribution in [0.15, 0.2) is 12.7 Å². The third-order valence-electron chi connectivity index (χ3n) is 1.99. The van der Waals surface area contributed by atoms with Crippen LogP contribution in [-0.4, -0.2) is 32.1 Å². The second kappa shape index (κ2) is 4.44. The first-order valence-electron chi connectivity index (χ1n) is 4.63. The van der Waals surface area contributed by atoms with Crippen LogP contribution >= 0.6 is 11.6 Å². The fraction of sp³-hybridized carbons (Fsp3) is 0.333. The zero-order chi connectivity index (χ0) is 11.5. The Balaban J connectivity index is 2.19. The van der Waals surface area contributed by atoms with E-state index in [1.165, 1.54) is 13.3 Å². The lowest BCUT2D eigenvalue weighted by atomic mass is 10.5. The van der Waals surface area contributed by atoms with E-state index in [0.717, 1.165) is 0 Å². The van der Waals surface area contributed by atoms with E-state index in [1.807, 2.05) is 0 Å². The minimum atomic E-state index is -0.308. The number of fused-ring (bicyclic) bond motifs is 1. The molecule has 2 heterocycles. The van der Waals surface area contributed by atoms with Crippen LogP contribution in [0.5, 0.6) is 0 Å². The number of aromatic nitrogens is 4. The second-order valence-corrected chi connectivity index (χ2v) is 3.47. The number of carbonyl (C=O) groups is 1. The van der Waals surface area contributed by atoms with E-state index in [4.69, 9.17) is 16.3 Å². The molecule has 0 saturated heterocycles. The average molecular weight is 241 g/mol. The normalized spacial score (nSPS) is 10.6. The maximum absolute atomic E-state index is 10.6. The molecule has 0 unspecified atom stereocenters. The molecule has 84 valence electrons. The summed E-state index contributed by atoms with van der Waals surface area (Å²) in [7, 11) is 0. The summed E-state index contributed by atoms with van der Waals surface area (Å²) in [4.78, 5) is 22.6. The van der Waals surface area contributed by atoms with Crippen molar-refractivity contribution in [1.29, 1.82) is 0 Å². The highest BCUT2D eigenvalue weighted by Crippen LogP contribution is 2.16. The van der Waals surface area contributed by atoms with E-state index in [-0.39, 0.29) is 12.6 Å². The minimum Gasteiger partial charge on any atom is -0.464 e. The summed E-state index contributed by atoms with van der Waals surface area (Å²) >= 11 is 5.84. The molecule has 0 aliphatic heterocycles. The quantitative estimate of drug-likeness (QED) is 0.592. The Hall–Kier alpha value is -1.69. The Labute approximate surface area is 96.2 Å². The molecule has 0 N–H and O–H groups in total. The van der Waals surface area contributed by atoms with Gasteiger partial charge in [-0.05, 0) is 0 Å². The maximum Gasteiger partial charge on any atom is 0.302 e. The third kappa shape index (κ3) is 2.11. The van der Waals surface area contributed by atoms with Crippen molar-refractivity contribution in [2.75, 3.05) is 6.61 Å². The van der Waals surface area contributed by atoms with Crippen molar-refractivity contribution >= 4 is 28.7 Å². The first kappa shape index (κ1) is 10.8. The van der Waals surface area contributed by atoms with Crippen LogP contribution in [0.4, 0.5) is 0 Å². The van der Waals surface area contributed by atoms with Crippen molar-refractivity contribution in [1.82, 2.24) is 19.5 Å². The largest absolute Gasteiger partial charge is 0.464 e. The molecule has 0 aliphatic rings. The Morgan fingerprint density at radius 1 is 1.50 bits per heavy atom. The molecular formula is C9H9ClN4O2. The van der Waals surface area contributed by atoms with Crippen LogP contribution in [0.3, 0.4) is 0 Å². The molecule has 0 spiro atoms. The fourth-order valence-electron chi connectivity index (χ4n) is 1.30. The molecule has 0 saturated carbocycles. The molecule has 7 heteroatoms. The Bertz CT molecular complexity index is 525. The highest BCUT2D eigenvalue weighted by atomic mass is 35.5.